The largest absolute Gasteiger partial charge is 0.368 e. The van der Waals surface area contributed by atoms with Gasteiger partial charge in [-0.05, 0) is 76.5 Å². The lowest BCUT2D eigenvalue weighted by atomic mass is 9.83. The van der Waals surface area contributed by atoms with E-state index in [0.717, 1.165) is 13.2 Å². The second-order valence-corrected chi connectivity index (χ2v) is 10.7. The highest BCUT2D eigenvalue weighted by Gasteiger charge is 2.26. The predicted molar refractivity (Wildman–Crippen MR) is 156 cm³/mol. The molecule has 2 fully saturated rings. The van der Waals surface area contributed by atoms with E-state index >= 15 is 0 Å². The van der Waals surface area contributed by atoms with Gasteiger partial charge in [-0.3, -0.25) is 0 Å². The Morgan fingerprint density at radius 1 is 0.421 bits per heavy atom. The number of ether oxygens (including phenoxy) is 2. The number of benzene rings is 7. The minimum absolute atomic E-state index is 0.274. The molecule has 2 atom stereocenters. The van der Waals surface area contributed by atoms with Crippen LogP contribution in [0.1, 0.15) is 23.3 Å². The third-order valence-electron chi connectivity index (χ3n) is 8.48. The van der Waals surface area contributed by atoms with Crippen LogP contribution in [0.5, 0.6) is 0 Å². The van der Waals surface area contributed by atoms with E-state index in [4.69, 9.17) is 9.47 Å². The van der Waals surface area contributed by atoms with Gasteiger partial charge in [0.1, 0.15) is 12.2 Å². The Labute approximate surface area is 220 Å². The number of hydrogen-bond acceptors (Lipinski definition) is 2. The van der Waals surface area contributed by atoms with E-state index in [9.17, 15) is 0 Å². The van der Waals surface area contributed by atoms with Gasteiger partial charge in [0.15, 0.2) is 0 Å². The number of fused-ring (bicyclic) bond motifs is 2. The van der Waals surface area contributed by atoms with Crippen LogP contribution in [-0.4, -0.2) is 13.2 Å². The SMILES string of the molecule is c1cc2ccc(-c3ccc(C4CO4)cc3)c3c4cccc5ccc(-c6ccc(C7CO7)cc6)c(c(c1)c23)c54. The summed E-state index contributed by atoms with van der Waals surface area (Å²) in [6.45, 7) is 1.67. The van der Waals surface area contributed by atoms with Crippen molar-refractivity contribution >= 4 is 43.1 Å². The molecule has 0 amide bonds. The molecule has 180 valence electrons. The topological polar surface area (TPSA) is 25.1 Å². The quantitative estimate of drug-likeness (QED) is 0.140. The van der Waals surface area contributed by atoms with Gasteiger partial charge in [0, 0.05) is 0 Å². The zero-order valence-corrected chi connectivity index (χ0v) is 20.8. The molecule has 38 heavy (non-hydrogen) atoms. The number of rotatable bonds is 4. The van der Waals surface area contributed by atoms with Crippen LogP contribution in [0.4, 0.5) is 0 Å². The summed E-state index contributed by atoms with van der Waals surface area (Å²) in [4.78, 5) is 0. The summed E-state index contributed by atoms with van der Waals surface area (Å²) < 4.78 is 11.0. The van der Waals surface area contributed by atoms with Gasteiger partial charge in [-0.1, -0.05) is 109 Å². The predicted octanol–water partition coefficient (Wildman–Crippen LogP) is 9.21. The van der Waals surface area contributed by atoms with Crippen molar-refractivity contribution in [1.82, 2.24) is 0 Å². The summed E-state index contributed by atoms with van der Waals surface area (Å²) >= 11 is 0. The highest BCUT2D eigenvalue weighted by Crippen LogP contribution is 2.47. The molecule has 2 saturated heterocycles. The van der Waals surface area contributed by atoms with Crippen LogP contribution in [0.2, 0.25) is 0 Å². The Kier molecular flexibility index (Phi) is 4.18. The third kappa shape index (κ3) is 3.02. The molecule has 0 aliphatic carbocycles. The fraction of sp³-hybridized carbons (Fsp3) is 0.111. The second kappa shape index (κ2) is 7.64. The molecule has 2 nitrogen and oxygen atoms in total. The fourth-order valence-electron chi connectivity index (χ4n) is 6.45. The molecule has 0 bridgehead atoms. The maximum Gasteiger partial charge on any atom is 0.106 e. The van der Waals surface area contributed by atoms with Gasteiger partial charge in [0.2, 0.25) is 0 Å². The summed E-state index contributed by atoms with van der Waals surface area (Å²) in [5, 5.41) is 10.6. The van der Waals surface area contributed by atoms with Crippen LogP contribution in [0.3, 0.4) is 0 Å². The van der Waals surface area contributed by atoms with Crippen molar-refractivity contribution in [3.8, 4) is 22.3 Å². The van der Waals surface area contributed by atoms with Crippen molar-refractivity contribution in [2.24, 2.45) is 0 Å². The zero-order chi connectivity index (χ0) is 24.8. The molecule has 2 unspecified atom stereocenters. The Hall–Kier alpha value is -4.24. The van der Waals surface area contributed by atoms with Crippen LogP contribution in [0, 0.1) is 0 Å². The summed E-state index contributed by atoms with van der Waals surface area (Å²) in [5.74, 6) is 0. The average molecular weight is 489 g/mol. The van der Waals surface area contributed by atoms with Crippen molar-refractivity contribution in [2.45, 2.75) is 12.2 Å². The molecule has 0 spiro atoms. The van der Waals surface area contributed by atoms with Crippen LogP contribution >= 0.6 is 0 Å². The third-order valence-corrected chi connectivity index (χ3v) is 8.48. The highest BCUT2D eigenvalue weighted by atomic mass is 16.6. The molecular weight excluding hydrogens is 464 g/mol. The standard InChI is InChI=1S/C36H24O2/c1-3-25-15-17-28(22-9-13-24(14-10-22)32-20-38-32)36-30-6-2-4-26-16-18-27(35(34(26)30)29(5-1)33(25)36)21-7-11-23(12-8-21)31-19-37-31/h1-18,31-32H,19-20H2. The molecule has 7 aromatic carbocycles. The van der Waals surface area contributed by atoms with Gasteiger partial charge >= 0.3 is 0 Å². The minimum Gasteiger partial charge on any atom is -0.368 e. The molecule has 0 N–H and O–H groups in total. The monoisotopic (exact) mass is 488 g/mol. The van der Waals surface area contributed by atoms with Crippen molar-refractivity contribution in [2.75, 3.05) is 13.2 Å². The molecule has 2 heterocycles. The smallest absolute Gasteiger partial charge is 0.106 e. The number of hydrogen-bond donors (Lipinski definition) is 0. The Morgan fingerprint density at radius 3 is 1.24 bits per heavy atom. The first kappa shape index (κ1) is 20.8. The van der Waals surface area contributed by atoms with Gasteiger partial charge in [0.25, 0.3) is 0 Å². The van der Waals surface area contributed by atoms with Gasteiger partial charge in [-0.15, -0.1) is 0 Å². The van der Waals surface area contributed by atoms with Gasteiger partial charge in [-0.25, -0.2) is 0 Å². The lowest BCUT2D eigenvalue weighted by Crippen LogP contribution is -1.92. The maximum atomic E-state index is 5.51. The molecule has 2 heteroatoms. The average Bonchev–Trinajstić information content (AvgIpc) is 3.89. The molecule has 2 aliphatic rings. The highest BCUT2D eigenvalue weighted by molar-refractivity contribution is 6.37. The lowest BCUT2D eigenvalue weighted by Gasteiger charge is -2.20. The summed E-state index contributed by atoms with van der Waals surface area (Å²) in [6, 6.07) is 40.6. The van der Waals surface area contributed by atoms with Crippen molar-refractivity contribution in [3.05, 3.63) is 120 Å². The van der Waals surface area contributed by atoms with Crippen LogP contribution in [0.25, 0.3) is 65.3 Å². The summed E-state index contributed by atoms with van der Waals surface area (Å²) in [5.41, 5.74) is 7.59. The van der Waals surface area contributed by atoms with E-state index in [1.807, 2.05) is 0 Å². The van der Waals surface area contributed by atoms with Crippen LogP contribution in [-0.2, 0) is 9.47 Å². The molecule has 9 rings (SSSR count). The molecule has 0 saturated carbocycles. The van der Waals surface area contributed by atoms with Crippen LogP contribution in [0.15, 0.2) is 109 Å². The van der Waals surface area contributed by atoms with Gasteiger partial charge in [0.05, 0.1) is 13.2 Å². The van der Waals surface area contributed by atoms with E-state index < -0.39 is 0 Å². The van der Waals surface area contributed by atoms with Gasteiger partial charge < -0.3 is 9.47 Å². The first-order valence-corrected chi connectivity index (χ1v) is 13.4. The molecular formula is C36H24O2. The van der Waals surface area contributed by atoms with Crippen LogP contribution < -0.4 is 0 Å². The molecule has 2 aliphatic heterocycles. The van der Waals surface area contributed by atoms with Gasteiger partial charge in [-0.2, -0.15) is 0 Å². The van der Waals surface area contributed by atoms with E-state index in [-0.39, 0.29) is 12.2 Å². The Bertz CT molecular complexity index is 1860. The molecule has 0 radical (unpaired) electrons. The van der Waals surface area contributed by atoms with E-state index in [2.05, 4.69) is 109 Å². The molecule has 7 aromatic rings. The van der Waals surface area contributed by atoms with Crippen molar-refractivity contribution < 1.29 is 9.47 Å². The zero-order valence-electron chi connectivity index (χ0n) is 20.8. The first-order valence-electron chi connectivity index (χ1n) is 13.4. The summed E-state index contributed by atoms with van der Waals surface area (Å²) in [7, 11) is 0. The summed E-state index contributed by atoms with van der Waals surface area (Å²) in [6.07, 6.45) is 0.547. The maximum absolute atomic E-state index is 5.51. The number of epoxide rings is 2. The normalized spacial score (nSPS) is 18.6. The van der Waals surface area contributed by atoms with Crippen molar-refractivity contribution in [1.29, 1.82) is 0 Å². The fourth-order valence-corrected chi connectivity index (χ4v) is 6.45. The molecule has 0 aromatic heterocycles. The van der Waals surface area contributed by atoms with E-state index in [1.54, 1.807) is 0 Å². The van der Waals surface area contributed by atoms with Crippen molar-refractivity contribution in [3.63, 3.8) is 0 Å². The Balaban J connectivity index is 1.38. The van der Waals surface area contributed by atoms with E-state index in [0.29, 0.717) is 0 Å². The van der Waals surface area contributed by atoms with E-state index in [1.165, 1.54) is 76.5 Å². The minimum atomic E-state index is 0.274. The first-order chi connectivity index (χ1) is 18.8. The Morgan fingerprint density at radius 2 is 0.842 bits per heavy atom. The second-order valence-electron chi connectivity index (χ2n) is 10.7. The lowest BCUT2D eigenvalue weighted by molar-refractivity contribution is 0.415.